The number of rotatable bonds is 5. The Bertz CT molecular complexity index is 577. The summed E-state index contributed by atoms with van der Waals surface area (Å²) in [5, 5.41) is 12.4. The highest BCUT2D eigenvalue weighted by Crippen LogP contribution is 2.19. The fourth-order valence-electron chi connectivity index (χ4n) is 1.62. The molecule has 0 atom stereocenters. The molecule has 100 valence electrons. The number of hydrogen-bond donors (Lipinski definition) is 1. The van der Waals surface area contributed by atoms with Gasteiger partial charge in [0.05, 0.1) is 11.5 Å². The number of hydrogen-bond acceptors (Lipinski definition) is 6. The second-order valence-corrected chi connectivity index (χ2v) is 5.02. The molecule has 2 heterocycles. The van der Waals surface area contributed by atoms with Gasteiger partial charge in [0.2, 0.25) is 11.7 Å². The van der Waals surface area contributed by atoms with Gasteiger partial charge in [0.1, 0.15) is 0 Å². The molecule has 19 heavy (non-hydrogen) atoms. The number of carboxylic acids is 1. The average molecular weight is 279 g/mol. The zero-order valence-electron chi connectivity index (χ0n) is 10.6. The molecule has 0 spiro atoms. The molecule has 7 heteroatoms. The number of aliphatic carboxylic acids is 1. The Morgan fingerprint density at radius 1 is 1.32 bits per heavy atom. The maximum Gasteiger partial charge on any atom is 0.313 e. The van der Waals surface area contributed by atoms with E-state index in [0.717, 1.165) is 17.0 Å². The SMILES string of the molecule is Cc1cc(-c2noc(CSCC(=O)O)n2)cc(C)n1. The molecule has 0 aliphatic heterocycles. The van der Waals surface area contributed by atoms with E-state index in [-0.39, 0.29) is 5.75 Å². The summed E-state index contributed by atoms with van der Waals surface area (Å²) < 4.78 is 5.09. The quantitative estimate of drug-likeness (QED) is 0.896. The Kier molecular flexibility index (Phi) is 4.16. The van der Waals surface area contributed by atoms with Crippen molar-refractivity contribution < 1.29 is 14.4 Å². The third-order valence-electron chi connectivity index (χ3n) is 2.26. The van der Waals surface area contributed by atoms with Gasteiger partial charge >= 0.3 is 5.97 Å². The van der Waals surface area contributed by atoms with Crippen LogP contribution in [0.4, 0.5) is 0 Å². The molecule has 2 aromatic heterocycles. The van der Waals surface area contributed by atoms with Crippen LogP contribution in [0.25, 0.3) is 11.4 Å². The first-order valence-corrected chi connectivity index (χ1v) is 6.78. The molecule has 2 rings (SSSR count). The van der Waals surface area contributed by atoms with Crippen molar-refractivity contribution in [3.8, 4) is 11.4 Å². The lowest BCUT2D eigenvalue weighted by molar-refractivity contribution is -0.133. The molecular weight excluding hydrogens is 266 g/mol. The molecule has 0 unspecified atom stereocenters. The van der Waals surface area contributed by atoms with Crippen molar-refractivity contribution >= 4 is 17.7 Å². The van der Waals surface area contributed by atoms with Crippen LogP contribution in [0.5, 0.6) is 0 Å². The van der Waals surface area contributed by atoms with Gasteiger partial charge in [-0.05, 0) is 26.0 Å². The maximum absolute atomic E-state index is 10.4. The third kappa shape index (κ3) is 3.78. The first-order valence-electron chi connectivity index (χ1n) is 5.62. The summed E-state index contributed by atoms with van der Waals surface area (Å²) in [6, 6.07) is 3.76. The van der Waals surface area contributed by atoms with Crippen LogP contribution in [0.15, 0.2) is 16.7 Å². The molecule has 0 aromatic carbocycles. The van der Waals surface area contributed by atoms with Crippen LogP contribution in [-0.2, 0) is 10.5 Å². The molecule has 1 N–H and O–H groups in total. The summed E-state index contributed by atoms with van der Waals surface area (Å²) in [4.78, 5) is 18.9. The summed E-state index contributed by atoms with van der Waals surface area (Å²) in [6.45, 7) is 3.81. The molecule has 0 saturated heterocycles. The van der Waals surface area contributed by atoms with Crippen molar-refractivity contribution in [1.29, 1.82) is 0 Å². The smallest absolute Gasteiger partial charge is 0.313 e. The van der Waals surface area contributed by atoms with Crippen LogP contribution in [-0.4, -0.2) is 32.0 Å². The highest BCUT2D eigenvalue weighted by molar-refractivity contribution is 7.99. The Labute approximate surface area is 114 Å². The van der Waals surface area contributed by atoms with E-state index in [1.807, 2.05) is 26.0 Å². The van der Waals surface area contributed by atoms with E-state index in [2.05, 4.69) is 15.1 Å². The van der Waals surface area contributed by atoms with Crippen LogP contribution in [0.2, 0.25) is 0 Å². The number of thioether (sulfide) groups is 1. The number of carbonyl (C=O) groups is 1. The predicted molar refractivity (Wildman–Crippen MR) is 70.8 cm³/mol. The number of aromatic nitrogens is 3. The topological polar surface area (TPSA) is 89.1 Å². The zero-order valence-corrected chi connectivity index (χ0v) is 11.4. The Morgan fingerprint density at radius 3 is 2.63 bits per heavy atom. The van der Waals surface area contributed by atoms with Crippen molar-refractivity contribution in [3.63, 3.8) is 0 Å². The van der Waals surface area contributed by atoms with Crippen LogP contribution >= 0.6 is 11.8 Å². The van der Waals surface area contributed by atoms with E-state index in [4.69, 9.17) is 9.63 Å². The summed E-state index contributed by atoms with van der Waals surface area (Å²) in [6.07, 6.45) is 0. The third-order valence-corrected chi connectivity index (χ3v) is 3.16. The number of aryl methyl sites for hydroxylation is 2. The maximum atomic E-state index is 10.4. The second kappa shape index (κ2) is 5.83. The first kappa shape index (κ1) is 13.5. The Balaban J connectivity index is 2.09. The van der Waals surface area contributed by atoms with E-state index in [1.54, 1.807) is 0 Å². The van der Waals surface area contributed by atoms with Gasteiger partial charge in [-0.3, -0.25) is 9.78 Å². The van der Waals surface area contributed by atoms with E-state index >= 15 is 0 Å². The number of nitrogens with zero attached hydrogens (tertiary/aromatic N) is 3. The summed E-state index contributed by atoms with van der Waals surface area (Å²) in [5.74, 6) is 0.478. The van der Waals surface area contributed by atoms with E-state index in [1.165, 1.54) is 11.8 Å². The van der Waals surface area contributed by atoms with Crippen LogP contribution in [0, 0.1) is 13.8 Å². The molecule has 0 aliphatic carbocycles. The average Bonchev–Trinajstić information content (AvgIpc) is 2.76. The Hall–Kier alpha value is -1.89. The van der Waals surface area contributed by atoms with Gasteiger partial charge in [0.15, 0.2) is 0 Å². The predicted octanol–water partition coefficient (Wildman–Crippen LogP) is 2.07. The van der Waals surface area contributed by atoms with Crippen molar-refractivity contribution in [1.82, 2.24) is 15.1 Å². The molecule has 0 amide bonds. The molecular formula is C12H13N3O3S. The highest BCUT2D eigenvalue weighted by Gasteiger charge is 2.10. The molecule has 0 aliphatic rings. The fourth-order valence-corrected chi connectivity index (χ4v) is 2.19. The van der Waals surface area contributed by atoms with Crippen molar-refractivity contribution in [2.24, 2.45) is 0 Å². The molecule has 0 fully saturated rings. The number of carboxylic acid groups (broad SMARTS) is 1. The van der Waals surface area contributed by atoms with Crippen molar-refractivity contribution in [3.05, 3.63) is 29.4 Å². The zero-order chi connectivity index (χ0) is 13.8. The minimum atomic E-state index is -0.856. The van der Waals surface area contributed by atoms with Gasteiger partial charge in [0.25, 0.3) is 0 Å². The lowest BCUT2D eigenvalue weighted by Gasteiger charge is -1.98. The van der Waals surface area contributed by atoms with Gasteiger partial charge in [-0.25, -0.2) is 0 Å². The molecule has 0 saturated carbocycles. The largest absolute Gasteiger partial charge is 0.481 e. The van der Waals surface area contributed by atoms with Gasteiger partial charge < -0.3 is 9.63 Å². The minimum absolute atomic E-state index is 0.0190. The minimum Gasteiger partial charge on any atom is -0.481 e. The highest BCUT2D eigenvalue weighted by atomic mass is 32.2. The first-order chi connectivity index (χ1) is 9.04. The van der Waals surface area contributed by atoms with Crippen molar-refractivity contribution in [2.75, 3.05) is 5.75 Å². The van der Waals surface area contributed by atoms with E-state index < -0.39 is 5.97 Å². The van der Waals surface area contributed by atoms with Gasteiger partial charge in [-0.1, -0.05) is 5.16 Å². The molecule has 6 nitrogen and oxygen atoms in total. The lowest BCUT2D eigenvalue weighted by atomic mass is 10.2. The summed E-state index contributed by atoms with van der Waals surface area (Å²) >= 11 is 1.22. The van der Waals surface area contributed by atoms with Crippen LogP contribution in [0.3, 0.4) is 0 Å². The summed E-state index contributed by atoms with van der Waals surface area (Å²) in [7, 11) is 0. The molecule has 0 bridgehead atoms. The monoisotopic (exact) mass is 279 g/mol. The number of pyridine rings is 1. The van der Waals surface area contributed by atoms with Gasteiger partial charge in [-0.15, -0.1) is 11.8 Å². The van der Waals surface area contributed by atoms with Crippen LogP contribution < -0.4 is 0 Å². The summed E-state index contributed by atoms with van der Waals surface area (Å²) in [5.41, 5.74) is 2.63. The van der Waals surface area contributed by atoms with Gasteiger partial charge in [-0.2, -0.15) is 4.98 Å². The lowest BCUT2D eigenvalue weighted by Crippen LogP contribution is -1.98. The normalized spacial score (nSPS) is 10.6. The fraction of sp³-hybridized carbons (Fsp3) is 0.333. The van der Waals surface area contributed by atoms with E-state index in [9.17, 15) is 4.79 Å². The standard InChI is InChI=1S/C12H13N3O3S/c1-7-3-9(4-8(2)13-7)12-14-10(18-15-12)5-19-6-11(16)17/h3-4H,5-6H2,1-2H3,(H,16,17). The van der Waals surface area contributed by atoms with Crippen LogP contribution in [0.1, 0.15) is 17.3 Å². The second-order valence-electron chi connectivity index (χ2n) is 4.04. The molecule has 2 aromatic rings. The Morgan fingerprint density at radius 2 is 2.00 bits per heavy atom. The molecule has 0 radical (unpaired) electrons. The van der Waals surface area contributed by atoms with Gasteiger partial charge in [0, 0.05) is 17.0 Å². The van der Waals surface area contributed by atoms with E-state index in [0.29, 0.717) is 17.5 Å². The van der Waals surface area contributed by atoms with Crippen molar-refractivity contribution in [2.45, 2.75) is 19.6 Å².